The third-order valence-electron chi connectivity index (χ3n) is 3.23. The first-order valence-corrected chi connectivity index (χ1v) is 7.77. The zero-order chi connectivity index (χ0) is 17.0. The minimum Gasteiger partial charge on any atom is -0.459 e. The van der Waals surface area contributed by atoms with E-state index in [2.05, 4.69) is 32.9 Å². The molecular formula is C18H30O4. The Hall–Kier alpha value is -1.39. The third kappa shape index (κ3) is 11.3. The standard InChI is InChI=1S/C18H30O4/c1-14(2)7-5-8-15(3)9-6-10-16(4)11-12-22-18(21)17(20)13-19/h7,9,11,17,19-20H,5-6,8,10,12-13H2,1-4H3/b15-9+,16-11+. The number of esters is 1. The zero-order valence-corrected chi connectivity index (χ0v) is 14.3. The van der Waals surface area contributed by atoms with Gasteiger partial charge in [-0.3, -0.25) is 0 Å². The maximum atomic E-state index is 11.1. The van der Waals surface area contributed by atoms with Crippen molar-refractivity contribution in [1.29, 1.82) is 0 Å². The van der Waals surface area contributed by atoms with Gasteiger partial charge in [-0.15, -0.1) is 0 Å². The van der Waals surface area contributed by atoms with Crippen molar-refractivity contribution >= 4 is 5.97 Å². The minimum absolute atomic E-state index is 0.130. The van der Waals surface area contributed by atoms with Gasteiger partial charge in [0.05, 0.1) is 6.61 Å². The summed E-state index contributed by atoms with van der Waals surface area (Å²) in [7, 11) is 0. The van der Waals surface area contributed by atoms with E-state index >= 15 is 0 Å². The number of rotatable bonds is 10. The molecule has 0 spiro atoms. The highest BCUT2D eigenvalue weighted by Crippen LogP contribution is 2.11. The van der Waals surface area contributed by atoms with Gasteiger partial charge < -0.3 is 14.9 Å². The normalized spacial score (nSPS) is 13.7. The fourth-order valence-electron chi connectivity index (χ4n) is 1.78. The predicted octanol–water partition coefficient (Wildman–Crippen LogP) is 3.30. The number of aliphatic hydroxyl groups is 2. The summed E-state index contributed by atoms with van der Waals surface area (Å²) in [6, 6.07) is 0. The Kier molecular flexibility index (Phi) is 11.4. The molecule has 126 valence electrons. The largest absolute Gasteiger partial charge is 0.459 e. The lowest BCUT2D eigenvalue weighted by molar-refractivity contribution is -0.154. The summed E-state index contributed by atoms with van der Waals surface area (Å²) < 4.78 is 4.82. The van der Waals surface area contributed by atoms with E-state index in [1.165, 1.54) is 11.1 Å². The van der Waals surface area contributed by atoms with Crippen LogP contribution in [-0.4, -0.2) is 35.5 Å². The summed E-state index contributed by atoms with van der Waals surface area (Å²) in [6.45, 7) is 7.88. The average Bonchev–Trinajstić information content (AvgIpc) is 2.45. The molecule has 0 aromatic heterocycles. The van der Waals surface area contributed by atoms with Crippen molar-refractivity contribution in [3.8, 4) is 0 Å². The van der Waals surface area contributed by atoms with Crippen molar-refractivity contribution < 1.29 is 19.7 Å². The van der Waals surface area contributed by atoms with E-state index in [0.717, 1.165) is 31.3 Å². The molecule has 4 heteroatoms. The highest BCUT2D eigenvalue weighted by Gasteiger charge is 2.13. The second kappa shape index (κ2) is 12.2. The van der Waals surface area contributed by atoms with Crippen LogP contribution >= 0.6 is 0 Å². The lowest BCUT2D eigenvalue weighted by Gasteiger charge is -2.06. The van der Waals surface area contributed by atoms with Crippen LogP contribution in [0.2, 0.25) is 0 Å². The van der Waals surface area contributed by atoms with Crippen LogP contribution in [0.25, 0.3) is 0 Å². The Morgan fingerprint density at radius 3 is 2.09 bits per heavy atom. The molecule has 0 aromatic carbocycles. The first kappa shape index (κ1) is 20.6. The molecule has 2 N–H and O–H groups in total. The van der Waals surface area contributed by atoms with E-state index in [1.807, 2.05) is 13.0 Å². The van der Waals surface area contributed by atoms with Crippen LogP contribution in [0, 0.1) is 0 Å². The van der Waals surface area contributed by atoms with Crippen molar-refractivity contribution in [1.82, 2.24) is 0 Å². The molecule has 4 nitrogen and oxygen atoms in total. The molecular weight excluding hydrogens is 280 g/mol. The molecule has 0 radical (unpaired) electrons. The zero-order valence-electron chi connectivity index (χ0n) is 14.3. The van der Waals surface area contributed by atoms with Gasteiger partial charge in [-0.1, -0.05) is 28.9 Å². The van der Waals surface area contributed by atoms with Crippen molar-refractivity contribution in [2.45, 2.75) is 59.5 Å². The van der Waals surface area contributed by atoms with Gasteiger partial charge in [0, 0.05) is 0 Å². The van der Waals surface area contributed by atoms with E-state index in [-0.39, 0.29) is 6.61 Å². The van der Waals surface area contributed by atoms with E-state index in [4.69, 9.17) is 14.9 Å². The van der Waals surface area contributed by atoms with Crippen molar-refractivity contribution in [2.24, 2.45) is 0 Å². The number of ether oxygens (including phenoxy) is 1. The first-order chi connectivity index (χ1) is 10.4. The molecule has 1 atom stereocenters. The molecule has 0 heterocycles. The summed E-state index contributed by atoms with van der Waals surface area (Å²) >= 11 is 0. The van der Waals surface area contributed by atoms with E-state index in [0.29, 0.717) is 0 Å². The highest BCUT2D eigenvalue weighted by molar-refractivity contribution is 5.74. The molecule has 0 bridgehead atoms. The monoisotopic (exact) mass is 310 g/mol. The Morgan fingerprint density at radius 1 is 1.00 bits per heavy atom. The second-order valence-corrected chi connectivity index (χ2v) is 5.79. The highest BCUT2D eigenvalue weighted by atomic mass is 16.5. The van der Waals surface area contributed by atoms with Gasteiger partial charge in [-0.25, -0.2) is 4.79 Å². The van der Waals surface area contributed by atoms with Crippen LogP contribution in [0.4, 0.5) is 0 Å². The van der Waals surface area contributed by atoms with E-state index in [9.17, 15) is 4.79 Å². The molecule has 0 aliphatic carbocycles. The Bertz CT molecular complexity index is 415. The van der Waals surface area contributed by atoms with Gasteiger partial charge >= 0.3 is 5.97 Å². The Labute approximate surface area is 134 Å². The summed E-state index contributed by atoms with van der Waals surface area (Å²) in [5, 5.41) is 17.6. The first-order valence-electron chi connectivity index (χ1n) is 7.77. The molecule has 0 fully saturated rings. The fourth-order valence-corrected chi connectivity index (χ4v) is 1.78. The predicted molar refractivity (Wildman–Crippen MR) is 89.5 cm³/mol. The third-order valence-corrected chi connectivity index (χ3v) is 3.23. The summed E-state index contributed by atoms with van der Waals surface area (Å²) in [6.07, 6.45) is 8.94. The van der Waals surface area contributed by atoms with Gasteiger partial charge in [0.1, 0.15) is 6.61 Å². The second-order valence-electron chi connectivity index (χ2n) is 5.79. The molecule has 0 saturated carbocycles. The van der Waals surface area contributed by atoms with Crippen LogP contribution in [0.5, 0.6) is 0 Å². The number of allylic oxidation sites excluding steroid dienone is 5. The average molecular weight is 310 g/mol. The van der Waals surface area contributed by atoms with Crippen LogP contribution in [0.1, 0.15) is 53.4 Å². The minimum atomic E-state index is -1.44. The smallest absolute Gasteiger partial charge is 0.337 e. The van der Waals surface area contributed by atoms with Gasteiger partial charge in [0.15, 0.2) is 6.10 Å². The maximum Gasteiger partial charge on any atom is 0.337 e. The van der Waals surface area contributed by atoms with Gasteiger partial charge in [-0.2, -0.15) is 0 Å². The van der Waals surface area contributed by atoms with Crippen molar-refractivity contribution in [2.75, 3.05) is 13.2 Å². The Balaban J connectivity index is 3.96. The van der Waals surface area contributed by atoms with Crippen LogP contribution in [-0.2, 0) is 9.53 Å². The topological polar surface area (TPSA) is 66.8 Å². The number of aliphatic hydroxyl groups excluding tert-OH is 2. The Morgan fingerprint density at radius 2 is 1.55 bits per heavy atom. The SMILES string of the molecule is CC(C)=CCC/C(C)=C/CC/C(C)=C/COC(=O)C(O)CO. The summed E-state index contributed by atoms with van der Waals surface area (Å²) in [5.41, 5.74) is 3.88. The molecule has 0 saturated heterocycles. The van der Waals surface area contributed by atoms with Crippen molar-refractivity contribution in [3.63, 3.8) is 0 Å². The van der Waals surface area contributed by atoms with Crippen molar-refractivity contribution in [3.05, 3.63) is 34.9 Å². The number of hydrogen-bond acceptors (Lipinski definition) is 4. The molecule has 0 aliphatic heterocycles. The molecule has 0 aliphatic rings. The fraction of sp³-hybridized carbons (Fsp3) is 0.611. The molecule has 1 unspecified atom stereocenters. The maximum absolute atomic E-state index is 11.1. The van der Waals surface area contributed by atoms with Gasteiger partial charge in [0.25, 0.3) is 0 Å². The molecule has 22 heavy (non-hydrogen) atoms. The van der Waals surface area contributed by atoms with E-state index in [1.54, 1.807) is 0 Å². The summed E-state index contributed by atoms with van der Waals surface area (Å²) in [4.78, 5) is 11.1. The van der Waals surface area contributed by atoms with Gasteiger partial charge in [-0.05, 0) is 59.5 Å². The van der Waals surface area contributed by atoms with Crippen LogP contribution in [0.3, 0.4) is 0 Å². The summed E-state index contributed by atoms with van der Waals surface area (Å²) in [5.74, 6) is -0.790. The number of carbonyl (C=O) groups excluding carboxylic acids is 1. The van der Waals surface area contributed by atoms with E-state index < -0.39 is 18.7 Å². The molecule has 0 rings (SSSR count). The van der Waals surface area contributed by atoms with Crippen LogP contribution in [0.15, 0.2) is 34.9 Å². The quantitative estimate of drug-likeness (QED) is 0.480. The number of hydrogen-bond donors (Lipinski definition) is 2. The van der Waals surface area contributed by atoms with Gasteiger partial charge in [0.2, 0.25) is 0 Å². The lowest BCUT2D eigenvalue weighted by atomic mass is 10.1. The lowest BCUT2D eigenvalue weighted by Crippen LogP contribution is -2.26. The number of carbonyl (C=O) groups is 1. The molecule has 0 amide bonds. The molecule has 0 aromatic rings. The van der Waals surface area contributed by atoms with Crippen LogP contribution < -0.4 is 0 Å².